The van der Waals surface area contributed by atoms with Crippen LogP contribution in [-0.4, -0.2) is 15.5 Å². The Balaban J connectivity index is 1.81. The molecule has 0 radical (unpaired) electrons. The largest absolute Gasteiger partial charge is 0.329 e. The molecule has 0 fully saturated rings. The Morgan fingerprint density at radius 1 is 1.35 bits per heavy atom. The molecule has 1 N–H and O–H groups in total. The van der Waals surface area contributed by atoms with Crippen LogP contribution in [0.4, 0.5) is 9.52 Å². The molecule has 0 aliphatic rings. The van der Waals surface area contributed by atoms with Crippen LogP contribution in [0.2, 0.25) is 10.2 Å². The fourth-order valence-corrected chi connectivity index (χ4v) is 3.12. The van der Waals surface area contributed by atoms with Crippen molar-refractivity contribution in [1.82, 2.24) is 9.55 Å². The average Bonchev–Trinajstić information content (AvgIpc) is 3.08. The molecule has 8 heteroatoms. The second-order valence-electron chi connectivity index (χ2n) is 4.73. The number of aromatic nitrogens is 2. The van der Waals surface area contributed by atoms with Crippen LogP contribution in [0.5, 0.6) is 0 Å². The summed E-state index contributed by atoms with van der Waals surface area (Å²) in [6.45, 7) is 0. The van der Waals surface area contributed by atoms with E-state index in [4.69, 9.17) is 23.2 Å². The summed E-state index contributed by atoms with van der Waals surface area (Å²) in [5.74, 6) is -0.712. The molecule has 0 saturated heterocycles. The molecule has 3 aromatic rings. The number of nitrogens with zero attached hydrogens (tertiary/aromatic N) is 2. The highest BCUT2D eigenvalue weighted by Crippen LogP contribution is 2.28. The van der Waals surface area contributed by atoms with Crippen LogP contribution in [0, 0.1) is 5.82 Å². The second kappa shape index (κ2) is 6.31. The van der Waals surface area contributed by atoms with Crippen LogP contribution in [0.1, 0.15) is 10.5 Å². The minimum Gasteiger partial charge on any atom is -0.329 e. The molecule has 1 amide bonds. The zero-order valence-electron chi connectivity index (χ0n) is 11.8. The van der Waals surface area contributed by atoms with E-state index in [2.05, 4.69) is 10.3 Å². The number of amides is 1. The van der Waals surface area contributed by atoms with E-state index in [1.165, 1.54) is 34.1 Å². The van der Waals surface area contributed by atoms with Crippen molar-refractivity contribution in [3.05, 3.63) is 57.4 Å². The maximum absolute atomic E-state index is 13.3. The number of hydrogen-bond acceptors (Lipinski definition) is 3. The lowest BCUT2D eigenvalue weighted by molar-refractivity contribution is 0.101. The molecule has 0 unspecified atom stereocenters. The number of halogens is 3. The van der Waals surface area contributed by atoms with E-state index in [9.17, 15) is 9.18 Å². The molecule has 0 atom stereocenters. The quantitative estimate of drug-likeness (QED) is 0.717. The fourth-order valence-electron chi connectivity index (χ4n) is 2.03. The first-order valence-electron chi connectivity index (χ1n) is 6.49. The molecular weight excluding hydrogens is 360 g/mol. The summed E-state index contributed by atoms with van der Waals surface area (Å²) in [6, 6.07) is 7.59. The minimum atomic E-state index is -0.374. The van der Waals surface area contributed by atoms with Gasteiger partial charge in [0.2, 0.25) is 0 Å². The smallest absolute Gasteiger partial charge is 0.274 e. The van der Waals surface area contributed by atoms with Crippen molar-refractivity contribution in [1.29, 1.82) is 0 Å². The molecular formula is C15H10Cl2FN3OS. The van der Waals surface area contributed by atoms with Crippen LogP contribution >= 0.6 is 34.5 Å². The minimum absolute atomic E-state index is 0.288. The third-order valence-electron chi connectivity index (χ3n) is 3.19. The third-order valence-corrected chi connectivity index (χ3v) is 4.79. The summed E-state index contributed by atoms with van der Waals surface area (Å²) in [7, 11) is 1.64. The van der Waals surface area contributed by atoms with E-state index in [0.29, 0.717) is 27.1 Å². The van der Waals surface area contributed by atoms with Crippen molar-refractivity contribution in [3.8, 4) is 11.3 Å². The molecule has 23 heavy (non-hydrogen) atoms. The Bertz CT molecular complexity index is 891. The zero-order valence-corrected chi connectivity index (χ0v) is 14.1. The predicted molar refractivity (Wildman–Crippen MR) is 90.9 cm³/mol. The predicted octanol–water partition coefficient (Wildman–Crippen LogP) is 4.85. The van der Waals surface area contributed by atoms with E-state index in [1.54, 1.807) is 24.6 Å². The third kappa shape index (κ3) is 3.24. The Morgan fingerprint density at radius 2 is 2.13 bits per heavy atom. The lowest BCUT2D eigenvalue weighted by Crippen LogP contribution is -2.15. The number of nitrogens with one attached hydrogen (secondary N) is 1. The molecule has 0 bridgehead atoms. The van der Waals surface area contributed by atoms with E-state index in [0.717, 1.165) is 0 Å². The fraction of sp³-hybridized carbons (Fsp3) is 0.0667. The highest BCUT2D eigenvalue weighted by molar-refractivity contribution is 7.14. The van der Waals surface area contributed by atoms with Gasteiger partial charge in [0.15, 0.2) is 5.13 Å². The number of carbonyl (C=O) groups excluding carboxylic acids is 1. The Kier molecular flexibility index (Phi) is 4.39. The molecule has 4 nitrogen and oxygen atoms in total. The normalized spacial score (nSPS) is 10.8. The summed E-state index contributed by atoms with van der Waals surface area (Å²) in [6.07, 6.45) is 0. The van der Waals surface area contributed by atoms with Gasteiger partial charge in [-0.2, -0.15) is 0 Å². The number of thiazole rings is 1. The summed E-state index contributed by atoms with van der Waals surface area (Å²) < 4.78 is 14.7. The van der Waals surface area contributed by atoms with Gasteiger partial charge in [0.05, 0.1) is 10.7 Å². The Hall–Kier alpha value is -1.89. The standard InChI is InChI=1S/C15H10Cl2FN3OS/c1-21-12(6-10(16)13(21)17)14(22)20-15-19-11(7-23-15)8-3-2-4-9(18)5-8/h2-7H,1H3,(H,19,20,22). The van der Waals surface area contributed by atoms with Gasteiger partial charge in [-0.3, -0.25) is 10.1 Å². The maximum Gasteiger partial charge on any atom is 0.274 e. The SMILES string of the molecule is Cn1c(C(=O)Nc2nc(-c3cccc(F)c3)cs2)cc(Cl)c1Cl. The first-order valence-corrected chi connectivity index (χ1v) is 8.13. The molecule has 0 aliphatic heterocycles. The summed E-state index contributed by atoms with van der Waals surface area (Å²) >= 11 is 13.1. The number of anilines is 1. The van der Waals surface area contributed by atoms with E-state index < -0.39 is 0 Å². The highest BCUT2D eigenvalue weighted by atomic mass is 35.5. The van der Waals surface area contributed by atoms with Crippen molar-refractivity contribution in [2.24, 2.45) is 7.05 Å². The van der Waals surface area contributed by atoms with Crippen LogP contribution in [0.15, 0.2) is 35.7 Å². The number of benzene rings is 1. The van der Waals surface area contributed by atoms with Crippen LogP contribution in [0.3, 0.4) is 0 Å². The zero-order chi connectivity index (χ0) is 16.6. The van der Waals surface area contributed by atoms with Crippen molar-refractivity contribution in [2.45, 2.75) is 0 Å². The summed E-state index contributed by atoms with van der Waals surface area (Å²) in [5, 5.41) is 5.42. The van der Waals surface area contributed by atoms with Gasteiger partial charge >= 0.3 is 0 Å². The lowest BCUT2D eigenvalue weighted by Gasteiger charge is -2.03. The van der Waals surface area contributed by atoms with Gasteiger partial charge in [0.1, 0.15) is 16.7 Å². The topological polar surface area (TPSA) is 46.9 Å². The first kappa shape index (κ1) is 16.0. The van der Waals surface area contributed by atoms with E-state index in [1.807, 2.05) is 0 Å². The van der Waals surface area contributed by atoms with Crippen molar-refractivity contribution in [2.75, 3.05) is 5.32 Å². The molecule has 2 heterocycles. The number of hydrogen-bond donors (Lipinski definition) is 1. The van der Waals surface area contributed by atoms with Crippen molar-refractivity contribution < 1.29 is 9.18 Å². The number of rotatable bonds is 3. The molecule has 1 aromatic carbocycles. The Morgan fingerprint density at radius 3 is 2.78 bits per heavy atom. The summed E-state index contributed by atoms with van der Waals surface area (Å²) in [4.78, 5) is 16.5. The van der Waals surface area contributed by atoms with Crippen molar-refractivity contribution >= 4 is 45.6 Å². The van der Waals surface area contributed by atoms with Gasteiger partial charge < -0.3 is 4.57 Å². The number of carbonyl (C=O) groups is 1. The molecule has 3 rings (SSSR count). The van der Waals surface area contributed by atoms with Gasteiger partial charge in [-0.15, -0.1) is 11.3 Å². The summed E-state index contributed by atoms with van der Waals surface area (Å²) in [5.41, 5.74) is 1.56. The van der Waals surface area contributed by atoms with E-state index >= 15 is 0 Å². The van der Waals surface area contributed by atoms with Crippen LogP contribution < -0.4 is 5.32 Å². The Labute approximate surface area is 145 Å². The highest BCUT2D eigenvalue weighted by Gasteiger charge is 2.17. The first-order chi connectivity index (χ1) is 11.0. The van der Waals surface area contributed by atoms with Gasteiger partial charge in [0.25, 0.3) is 5.91 Å². The van der Waals surface area contributed by atoms with E-state index in [-0.39, 0.29) is 16.9 Å². The van der Waals surface area contributed by atoms with Gasteiger partial charge in [-0.1, -0.05) is 35.3 Å². The van der Waals surface area contributed by atoms with Gasteiger partial charge in [-0.05, 0) is 18.2 Å². The molecule has 118 valence electrons. The molecule has 0 aliphatic carbocycles. The molecule has 0 saturated carbocycles. The molecule has 0 spiro atoms. The average molecular weight is 370 g/mol. The second-order valence-corrected chi connectivity index (χ2v) is 6.35. The van der Waals surface area contributed by atoms with Crippen LogP contribution in [-0.2, 0) is 7.05 Å². The van der Waals surface area contributed by atoms with Gasteiger partial charge in [0, 0.05) is 18.0 Å². The monoisotopic (exact) mass is 369 g/mol. The van der Waals surface area contributed by atoms with Crippen molar-refractivity contribution in [3.63, 3.8) is 0 Å². The van der Waals surface area contributed by atoms with Crippen LogP contribution in [0.25, 0.3) is 11.3 Å². The lowest BCUT2D eigenvalue weighted by atomic mass is 10.2. The maximum atomic E-state index is 13.3. The van der Waals surface area contributed by atoms with Gasteiger partial charge in [-0.25, -0.2) is 9.37 Å². The molecule has 2 aromatic heterocycles.